The molecule has 5 heteroatoms. The molecule has 19 heavy (non-hydrogen) atoms. The van der Waals surface area contributed by atoms with Gasteiger partial charge < -0.3 is 14.4 Å². The Balaban J connectivity index is 4.14. The van der Waals surface area contributed by atoms with Gasteiger partial charge in [0.2, 0.25) is 0 Å². The van der Waals surface area contributed by atoms with Gasteiger partial charge in [0.15, 0.2) is 0 Å². The number of esters is 1. The zero-order valence-corrected chi connectivity index (χ0v) is 12.9. The molecule has 2 unspecified atom stereocenters. The molecule has 0 spiro atoms. The van der Waals surface area contributed by atoms with Gasteiger partial charge in [-0.1, -0.05) is 13.8 Å². The maximum absolute atomic E-state index is 11.5. The van der Waals surface area contributed by atoms with E-state index in [2.05, 4.69) is 0 Å². The highest BCUT2D eigenvalue weighted by atomic mass is 16.6. The first-order chi connectivity index (χ1) is 8.77. The highest BCUT2D eigenvalue weighted by Gasteiger charge is 2.20. The SMILES string of the molecule is CCOC(=O)N(C)C(C)CC(C)OC(=O)CC(C)C. The van der Waals surface area contributed by atoms with Crippen molar-refractivity contribution in [2.45, 2.75) is 59.6 Å². The van der Waals surface area contributed by atoms with Crippen LogP contribution in [0.1, 0.15) is 47.5 Å². The van der Waals surface area contributed by atoms with Gasteiger partial charge >= 0.3 is 12.1 Å². The van der Waals surface area contributed by atoms with E-state index in [0.29, 0.717) is 25.4 Å². The second-order valence-corrected chi connectivity index (χ2v) is 5.29. The van der Waals surface area contributed by atoms with Gasteiger partial charge in [0.05, 0.1) is 6.61 Å². The van der Waals surface area contributed by atoms with E-state index in [1.165, 1.54) is 4.90 Å². The molecule has 0 aromatic carbocycles. The van der Waals surface area contributed by atoms with Gasteiger partial charge in [0, 0.05) is 25.9 Å². The van der Waals surface area contributed by atoms with Gasteiger partial charge in [-0.05, 0) is 26.7 Å². The van der Waals surface area contributed by atoms with Crippen LogP contribution in [0.2, 0.25) is 0 Å². The van der Waals surface area contributed by atoms with Crippen molar-refractivity contribution in [1.82, 2.24) is 4.90 Å². The third kappa shape index (κ3) is 7.70. The third-order valence-corrected chi connectivity index (χ3v) is 2.80. The van der Waals surface area contributed by atoms with E-state index in [1.807, 2.05) is 27.7 Å². The van der Waals surface area contributed by atoms with Crippen molar-refractivity contribution in [3.8, 4) is 0 Å². The Hall–Kier alpha value is -1.26. The first kappa shape index (κ1) is 17.7. The maximum atomic E-state index is 11.5. The van der Waals surface area contributed by atoms with E-state index >= 15 is 0 Å². The van der Waals surface area contributed by atoms with Crippen molar-refractivity contribution in [1.29, 1.82) is 0 Å². The summed E-state index contributed by atoms with van der Waals surface area (Å²) in [6.07, 6.45) is 0.458. The number of amides is 1. The summed E-state index contributed by atoms with van der Waals surface area (Å²) in [6.45, 7) is 9.82. The third-order valence-electron chi connectivity index (χ3n) is 2.80. The molecule has 0 radical (unpaired) electrons. The van der Waals surface area contributed by atoms with Gasteiger partial charge in [-0.3, -0.25) is 4.79 Å². The highest BCUT2D eigenvalue weighted by Crippen LogP contribution is 2.11. The predicted molar refractivity (Wildman–Crippen MR) is 73.9 cm³/mol. The van der Waals surface area contributed by atoms with Gasteiger partial charge in [-0.15, -0.1) is 0 Å². The second-order valence-electron chi connectivity index (χ2n) is 5.29. The molecular weight excluding hydrogens is 246 g/mol. The smallest absolute Gasteiger partial charge is 0.409 e. The van der Waals surface area contributed by atoms with Crippen molar-refractivity contribution in [2.24, 2.45) is 5.92 Å². The van der Waals surface area contributed by atoms with Gasteiger partial charge in [0.25, 0.3) is 0 Å². The number of hydrogen-bond acceptors (Lipinski definition) is 4. The van der Waals surface area contributed by atoms with Crippen molar-refractivity contribution < 1.29 is 19.1 Å². The lowest BCUT2D eigenvalue weighted by molar-refractivity contribution is -0.149. The number of carbonyl (C=O) groups excluding carboxylic acids is 2. The summed E-state index contributed by atoms with van der Waals surface area (Å²) in [5.74, 6) is 0.104. The summed E-state index contributed by atoms with van der Waals surface area (Å²) >= 11 is 0. The summed E-state index contributed by atoms with van der Waals surface area (Å²) in [4.78, 5) is 24.6. The van der Waals surface area contributed by atoms with Crippen LogP contribution in [-0.2, 0) is 14.3 Å². The van der Waals surface area contributed by atoms with Crippen LogP contribution in [0.5, 0.6) is 0 Å². The molecule has 0 saturated heterocycles. The van der Waals surface area contributed by atoms with Crippen LogP contribution in [0.25, 0.3) is 0 Å². The molecule has 0 aliphatic carbocycles. The average Bonchev–Trinajstić information content (AvgIpc) is 2.26. The molecule has 0 aliphatic rings. The minimum Gasteiger partial charge on any atom is -0.463 e. The molecule has 112 valence electrons. The number of carbonyl (C=O) groups is 2. The fourth-order valence-electron chi connectivity index (χ4n) is 1.70. The molecule has 0 heterocycles. The normalized spacial score (nSPS) is 13.8. The Morgan fingerprint density at radius 3 is 2.21 bits per heavy atom. The van der Waals surface area contributed by atoms with Crippen LogP contribution in [0, 0.1) is 5.92 Å². The fourth-order valence-corrected chi connectivity index (χ4v) is 1.70. The number of nitrogens with zero attached hydrogens (tertiary/aromatic N) is 1. The van der Waals surface area contributed by atoms with Crippen LogP contribution >= 0.6 is 0 Å². The molecule has 0 N–H and O–H groups in total. The zero-order valence-electron chi connectivity index (χ0n) is 12.9. The van der Waals surface area contributed by atoms with Crippen LogP contribution in [0.4, 0.5) is 4.79 Å². The van der Waals surface area contributed by atoms with Crippen molar-refractivity contribution in [2.75, 3.05) is 13.7 Å². The Morgan fingerprint density at radius 1 is 1.16 bits per heavy atom. The summed E-state index contributed by atoms with van der Waals surface area (Å²) in [7, 11) is 1.69. The molecule has 0 saturated carbocycles. The quantitative estimate of drug-likeness (QED) is 0.669. The first-order valence-electron chi connectivity index (χ1n) is 6.86. The van der Waals surface area contributed by atoms with E-state index in [4.69, 9.17) is 9.47 Å². The second kappa shape index (κ2) is 8.77. The summed E-state index contributed by atoms with van der Waals surface area (Å²) in [5, 5.41) is 0. The van der Waals surface area contributed by atoms with Crippen molar-refractivity contribution >= 4 is 12.1 Å². The van der Waals surface area contributed by atoms with Crippen molar-refractivity contribution in [3.63, 3.8) is 0 Å². The summed E-state index contributed by atoms with van der Waals surface area (Å²) < 4.78 is 10.2. The van der Waals surface area contributed by atoms with Crippen LogP contribution in [0.15, 0.2) is 0 Å². The number of ether oxygens (including phenoxy) is 2. The maximum Gasteiger partial charge on any atom is 0.409 e. The van der Waals surface area contributed by atoms with Crippen LogP contribution < -0.4 is 0 Å². The molecule has 0 aliphatic heterocycles. The zero-order chi connectivity index (χ0) is 15.0. The topological polar surface area (TPSA) is 55.8 Å². The standard InChI is InChI=1S/C14H27NO4/c1-7-18-14(17)15(6)11(4)9-12(5)19-13(16)8-10(2)3/h10-12H,7-9H2,1-6H3. The molecule has 2 atom stereocenters. The molecule has 1 amide bonds. The summed E-state index contributed by atoms with van der Waals surface area (Å²) in [5.41, 5.74) is 0. The molecule has 0 bridgehead atoms. The minimum absolute atomic E-state index is 0.0408. The minimum atomic E-state index is -0.351. The Bertz CT molecular complexity index is 291. The van der Waals surface area contributed by atoms with E-state index in [0.717, 1.165) is 0 Å². The summed E-state index contributed by atoms with van der Waals surface area (Å²) in [6, 6.07) is -0.0408. The van der Waals surface area contributed by atoms with Crippen LogP contribution in [-0.4, -0.2) is 42.8 Å². The highest BCUT2D eigenvalue weighted by molar-refractivity contribution is 5.69. The van der Waals surface area contributed by atoms with Crippen molar-refractivity contribution in [3.05, 3.63) is 0 Å². The van der Waals surface area contributed by atoms with E-state index in [9.17, 15) is 9.59 Å². The monoisotopic (exact) mass is 273 g/mol. The van der Waals surface area contributed by atoms with E-state index in [1.54, 1.807) is 14.0 Å². The van der Waals surface area contributed by atoms with Crippen LogP contribution in [0.3, 0.4) is 0 Å². The lowest BCUT2D eigenvalue weighted by Gasteiger charge is -2.26. The van der Waals surface area contributed by atoms with E-state index < -0.39 is 0 Å². The Labute approximate surface area is 116 Å². The molecule has 0 aromatic heterocycles. The Morgan fingerprint density at radius 2 is 1.74 bits per heavy atom. The molecule has 0 fully saturated rings. The van der Waals surface area contributed by atoms with Gasteiger partial charge in [-0.2, -0.15) is 0 Å². The van der Waals surface area contributed by atoms with Gasteiger partial charge in [0.1, 0.15) is 6.10 Å². The molecule has 5 nitrogen and oxygen atoms in total. The molecule has 0 rings (SSSR count). The lowest BCUT2D eigenvalue weighted by Crippen LogP contribution is -2.38. The van der Waals surface area contributed by atoms with E-state index in [-0.39, 0.29) is 24.2 Å². The van der Waals surface area contributed by atoms with Gasteiger partial charge in [-0.25, -0.2) is 4.79 Å². The largest absolute Gasteiger partial charge is 0.463 e. The predicted octanol–water partition coefficient (Wildman–Crippen LogP) is 2.83. The molecular formula is C14H27NO4. The Kier molecular flexibility index (Phi) is 8.19. The average molecular weight is 273 g/mol. The number of hydrogen-bond donors (Lipinski definition) is 0. The number of rotatable bonds is 7. The fraction of sp³-hybridized carbons (Fsp3) is 0.857. The molecule has 0 aromatic rings. The first-order valence-corrected chi connectivity index (χ1v) is 6.86. The lowest BCUT2D eigenvalue weighted by atomic mass is 10.1.